The molecule has 0 aliphatic rings. The van der Waals surface area contributed by atoms with E-state index in [1.165, 1.54) is 17.7 Å². The molecule has 4 aromatic rings. The average molecular weight is 404 g/mol. The van der Waals surface area contributed by atoms with Crippen molar-refractivity contribution in [3.8, 4) is 0 Å². The predicted molar refractivity (Wildman–Crippen MR) is 117 cm³/mol. The lowest BCUT2D eigenvalue weighted by atomic mass is 9.85. The van der Waals surface area contributed by atoms with Crippen molar-refractivity contribution in [2.45, 2.75) is 31.4 Å². The maximum atomic E-state index is 13.0. The number of alkyl halides is 3. The summed E-state index contributed by atoms with van der Waals surface area (Å²) in [5.74, 6) is 0.0561. The molecule has 0 N–H and O–H groups in total. The van der Waals surface area contributed by atoms with Crippen molar-refractivity contribution in [1.82, 2.24) is 0 Å². The van der Waals surface area contributed by atoms with Crippen LogP contribution < -0.4 is 0 Å². The zero-order chi connectivity index (χ0) is 21.0. The summed E-state index contributed by atoms with van der Waals surface area (Å²) in [5.41, 5.74) is 2.74. The molecule has 0 aliphatic carbocycles. The second kappa shape index (κ2) is 8.74. The Morgan fingerprint density at radius 3 is 1.97 bits per heavy atom. The average Bonchev–Trinajstić information content (AvgIpc) is 2.77. The van der Waals surface area contributed by atoms with Crippen molar-refractivity contribution in [1.29, 1.82) is 0 Å². The van der Waals surface area contributed by atoms with Crippen LogP contribution >= 0.6 is 0 Å². The van der Waals surface area contributed by atoms with E-state index < -0.39 is 11.7 Å². The molecule has 0 saturated heterocycles. The number of hydrogen-bond donors (Lipinski definition) is 0. The van der Waals surface area contributed by atoms with Gasteiger partial charge in [-0.1, -0.05) is 84.9 Å². The second-order valence-electron chi connectivity index (χ2n) is 7.66. The van der Waals surface area contributed by atoms with E-state index in [2.05, 4.69) is 42.5 Å². The third kappa shape index (κ3) is 4.73. The lowest BCUT2D eigenvalue weighted by Gasteiger charge is -2.20. The second-order valence-corrected chi connectivity index (χ2v) is 7.66. The molecule has 4 aromatic carbocycles. The Hall–Kier alpha value is -3.07. The van der Waals surface area contributed by atoms with Crippen LogP contribution in [0.1, 0.15) is 41.0 Å². The van der Waals surface area contributed by atoms with Crippen LogP contribution in [0.2, 0.25) is 0 Å². The number of benzene rings is 4. The number of aryl methyl sites for hydroxylation is 1. The van der Waals surface area contributed by atoms with E-state index in [4.69, 9.17) is 0 Å². The molecule has 0 spiro atoms. The zero-order valence-electron chi connectivity index (χ0n) is 16.6. The van der Waals surface area contributed by atoms with Gasteiger partial charge in [0.1, 0.15) is 0 Å². The van der Waals surface area contributed by atoms with Crippen LogP contribution in [-0.4, -0.2) is 0 Å². The fraction of sp³-hybridized carbons (Fsp3) is 0.185. The molecular formula is C27H23F3. The number of halogens is 3. The van der Waals surface area contributed by atoms with Gasteiger partial charge >= 0.3 is 6.18 Å². The number of hydrogen-bond acceptors (Lipinski definition) is 0. The molecule has 0 bridgehead atoms. The van der Waals surface area contributed by atoms with Crippen LogP contribution in [-0.2, 0) is 12.6 Å². The minimum absolute atomic E-state index is 0.0561. The molecule has 1 unspecified atom stereocenters. The minimum atomic E-state index is -4.32. The van der Waals surface area contributed by atoms with Gasteiger partial charge in [0.15, 0.2) is 0 Å². The van der Waals surface area contributed by atoms with E-state index in [1.807, 2.05) is 30.3 Å². The van der Waals surface area contributed by atoms with Gasteiger partial charge in [-0.2, -0.15) is 13.2 Å². The van der Waals surface area contributed by atoms with E-state index in [0.29, 0.717) is 0 Å². The van der Waals surface area contributed by atoms with Gasteiger partial charge in [-0.25, -0.2) is 0 Å². The van der Waals surface area contributed by atoms with Crippen molar-refractivity contribution >= 4 is 10.8 Å². The van der Waals surface area contributed by atoms with Gasteiger partial charge in [0.25, 0.3) is 0 Å². The Bertz CT molecular complexity index is 1100. The van der Waals surface area contributed by atoms with E-state index in [9.17, 15) is 13.2 Å². The molecule has 3 heteroatoms. The molecule has 0 aromatic heterocycles. The van der Waals surface area contributed by atoms with Gasteiger partial charge in [-0.3, -0.25) is 0 Å². The molecule has 0 radical (unpaired) electrons. The fourth-order valence-corrected chi connectivity index (χ4v) is 4.01. The quantitative estimate of drug-likeness (QED) is 0.305. The molecular weight excluding hydrogens is 381 g/mol. The first kappa shape index (κ1) is 20.2. The summed E-state index contributed by atoms with van der Waals surface area (Å²) in [7, 11) is 0. The highest BCUT2D eigenvalue weighted by Crippen LogP contribution is 2.35. The van der Waals surface area contributed by atoms with Gasteiger partial charge in [0, 0.05) is 5.92 Å². The molecule has 4 rings (SSSR count). The Morgan fingerprint density at radius 2 is 1.27 bits per heavy atom. The maximum Gasteiger partial charge on any atom is 0.416 e. The smallest absolute Gasteiger partial charge is 0.166 e. The molecule has 0 heterocycles. The lowest BCUT2D eigenvalue weighted by Crippen LogP contribution is -2.07. The highest BCUT2D eigenvalue weighted by atomic mass is 19.4. The van der Waals surface area contributed by atoms with Gasteiger partial charge in [-0.05, 0) is 58.9 Å². The van der Waals surface area contributed by atoms with Gasteiger partial charge in [0.2, 0.25) is 0 Å². The Morgan fingerprint density at radius 1 is 0.633 bits per heavy atom. The summed E-state index contributed by atoms with van der Waals surface area (Å²) in [6.07, 6.45) is -1.53. The summed E-state index contributed by atoms with van der Waals surface area (Å²) in [6, 6.07) is 30.5. The third-order valence-corrected chi connectivity index (χ3v) is 5.62. The highest BCUT2D eigenvalue weighted by molar-refractivity contribution is 5.83. The summed E-state index contributed by atoms with van der Waals surface area (Å²) in [5, 5.41) is 2.31. The largest absolute Gasteiger partial charge is 0.416 e. The minimum Gasteiger partial charge on any atom is -0.166 e. The van der Waals surface area contributed by atoms with Gasteiger partial charge in [0.05, 0.1) is 5.56 Å². The summed E-state index contributed by atoms with van der Waals surface area (Å²) < 4.78 is 39.0. The van der Waals surface area contributed by atoms with E-state index in [1.54, 1.807) is 12.1 Å². The molecule has 30 heavy (non-hydrogen) atoms. The highest BCUT2D eigenvalue weighted by Gasteiger charge is 2.30. The Labute approximate surface area is 175 Å². The summed E-state index contributed by atoms with van der Waals surface area (Å²) in [4.78, 5) is 0. The first-order chi connectivity index (χ1) is 14.5. The molecule has 0 aliphatic heterocycles. The van der Waals surface area contributed by atoms with Crippen LogP contribution in [0.3, 0.4) is 0 Å². The normalized spacial score (nSPS) is 12.8. The monoisotopic (exact) mass is 404 g/mol. The predicted octanol–water partition coefficient (Wildman–Crippen LogP) is 8.01. The summed E-state index contributed by atoms with van der Waals surface area (Å²) in [6.45, 7) is 0. The maximum absolute atomic E-state index is 13.0. The Balaban J connectivity index is 1.62. The number of rotatable bonds is 6. The molecule has 0 nitrogen and oxygen atoms in total. The van der Waals surface area contributed by atoms with E-state index in [-0.39, 0.29) is 5.92 Å². The fourth-order valence-electron chi connectivity index (χ4n) is 4.01. The first-order valence-corrected chi connectivity index (χ1v) is 10.2. The SMILES string of the molecule is FC(F)(F)c1ccc(C(CCCc2ccccc2)c2ccc3ccccc3c2)cc1. The molecule has 1 atom stereocenters. The van der Waals surface area contributed by atoms with E-state index in [0.717, 1.165) is 41.2 Å². The Kier molecular flexibility index (Phi) is 5.89. The lowest BCUT2D eigenvalue weighted by molar-refractivity contribution is -0.137. The van der Waals surface area contributed by atoms with Crippen molar-refractivity contribution in [3.05, 3.63) is 119 Å². The molecule has 0 saturated carbocycles. The van der Waals surface area contributed by atoms with Crippen molar-refractivity contribution in [2.24, 2.45) is 0 Å². The molecule has 0 fully saturated rings. The third-order valence-electron chi connectivity index (χ3n) is 5.62. The van der Waals surface area contributed by atoms with Crippen molar-refractivity contribution in [2.75, 3.05) is 0 Å². The van der Waals surface area contributed by atoms with Crippen LogP contribution in [0.4, 0.5) is 13.2 Å². The van der Waals surface area contributed by atoms with E-state index >= 15 is 0 Å². The van der Waals surface area contributed by atoms with Gasteiger partial charge in [-0.15, -0.1) is 0 Å². The number of fused-ring (bicyclic) bond motifs is 1. The molecule has 152 valence electrons. The van der Waals surface area contributed by atoms with Crippen molar-refractivity contribution < 1.29 is 13.2 Å². The molecule has 0 amide bonds. The summed E-state index contributed by atoms with van der Waals surface area (Å²) >= 11 is 0. The van der Waals surface area contributed by atoms with Crippen LogP contribution in [0, 0.1) is 0 Å². The van der Waals surface area contributed by atoms with Crippen LogP contribution in [0.5, 0.6) is 0 Å². The zero-order valence-corrected chi connectivity index (χ0v) is 16.6. The van der Waals surface area contributed by atoms with Crippen molar-refractivity contribution in [3.63, 3.8) is 0 Å². The van der Waals surface area contributed by atoms with Gasteiger partial charge < -0.3 is 0 Å². The van der Waals surface area contributed by atoms with Crippen LogP contribution in [0.25, 0.3) is 10.8 Å². The van der Waals surface area contributed by atoms with Crippen LogP contribution in [0.15, 0.2) is 97.1 Å². The first-order valence-electron chi connectivity index (χ1n) is 10.2. The standard InChI is InChI=1S/C27H23F3/c28-27(29,30)25-17-15-22(16-18-25)26(12-6-9-20-7-2-1-3-8-20)24-14-13-21-10-4-5-11-23(21)19-24/h1-5,7-8,10-11,13-19,26H,6,9,12H2. The topological polar surface area (TPSA) is 0 Å².